The fourth-order valence-electron chi connectivity index (χ4n) is 2.33. The van der Waals surface area contributed by atoms with Gasteiger partial charge in [0.05, 0.1) is 12.1 Å². The fraction of sp³-hybridized carbons (Fsp3) is 0.176. The normalized spacial score (nSPS) is 16.2. The lowest BCUT2D eigenvalue weighted by atomic mass is 10.1. The zero-order valence-corrected chi connectivity index (χ0v) is 12.1. The monoisotopic (exact) mass is 296 g/mol. The molecule has 0 fully saturated rings. The molecule has 2 aromatic rings. The Hall–Kier alpha value is -2.82. The quantitative estimate of drug-likeness (QED) is 0.915. The van der Waals surface area contributed by atoms with E-state index in [9.17, 15) is 9.59 Å². The van der Waals surface area contributed by atoms with Crippen LogP contribution in [0.5, 0.6) is 5.75 Å². The summed E-state index contributed by atoms with van der Waals surface area (Å²) in [5, 5.41) is 5.52. The van der Waals surface area contributed by atoms with Crippen LogP contribution in [0.15, 0.2) is 48.5 Å². The molecule has 0 unspecified atom stereocenters. The van der Waals surface area contributed by atoms with Crippen molar-refractivity contribution in [1.82, 2.24) is 0 Å². The van der Waals surface area contributed by atoms with E-state index >= 15 is 0 Å². The van der Waals surface area contributed by atoms with E-state index in [1.165, 1.54) is 0 Å². The second-order valence-electron chi connectivity index (χ2n) is 5.21. The maximum Gasteiger partial charge on any atom is 0.266 e. The van der Waals surface area contributed by atoms with E-state index in [4.69, 9.17) is 4.74 Å². The summed E-state index contributed by atoms with van der Waals surface area (Å²) in [5.41, 5.74) is 2.39. The van der Waals surface area contributed by atoms with E-state index < -0.39 is 6.10 Å². The Bertz CT molecular complexity index is 727. The van der Waals surface area contributed by atoms with Gasteiger partial charge in [-0.05, 0) is 36.8 Å². The lowest BCUT2D eigenvalue weighted by Crippen LogP contribution is -2.39. The van der Waals surface area contributed by atoms with Crippen LogP contribution in [-0.4, -0.2) is 17.9 Å². The van der Waals surface area contributed by atoms with Gasteiger partial charge in [-0.2, -0.15) is 0 Å². The van der Waals surface area contributed by atoms with Crippen LogP contribution in [0.3, 0.4) is 0 Å². The molecular weight excluding hydrogens is 280 g/mol. The van der Waals surface area contributed by atoms with Gasteiger partial charge in [0.2, 0.25) is 5.91 Å². The SMILES string of the molecule is Cc1cccc(NC(=O)C[C@H]2Oc3ccccc3NC2=O)c1. The highest BCUT2D eigenvalue weighted by Crippen LogP contribution is 2.29. The van der Waals surface area contributed by atoms with Crippen molar-refractivity contribution in [3.63, 3.8) is 0 Å². The van der Waals surface area contributed by atoms with Crippen LogP contribution in [0.2, 0.25) is 0 Å². The minimum Gasteiger partial charge on any atom is -0.478 e. The molecule has 1 aliphatic heterocycles. The molecule has 22 heavy (non-hydrogen) atoms. The highest BCUT2D eigenvalue weighted by atomic mass is 16.5. The molecule has 2 aromatic carbocycles. The second-order valence-corrected chi connectivity index (χ2v) is 5.21. The third-order valence-corrected chi connectivity index (χ3v) is 3.38. The maximum absolute atomic E-state index is 12.1. The zero-order valence-electron chi connectivity index (χ0n) is 12.1. The molecule has 0 radical (unpaired) electrons. The van der Waals surface area contributed by atoms with E-state index in [2.05, 4.69) is 10.6 Å². The molecule has 5 nitrogen and oxygen atoms in total. The summed E-state index contributed by atoms with van der Waals surface area (Å²) in [6, 6.07) is 14.6. The van der Waals surface area contributed by atoms with Gasteiger partial charge < -0.3 is 15.4 Å². The van der Waals surface area contributed by atoms with Crippen LogP contribution in [0.25, 0.3) is 0 Å². The number of hydrogen-bond donors (Lipinski definition) is 2. The number of hydrogen-bond acceptors (Lipinski definition) is 3. The first kappa shape index (κ1) is 14.1. The smallest absolute Gasteiger partial charge is 0.266 e. The molecule has 2 N–H and O–H groups in total. The first-order chi connectivity index (χ1) is 10.6. The van der Waals surface area contributed by atoms with Crippen molar-refractivity contribution in [2.24, 2.45) is 0 Å². The number of aryl methyl sites for hydroxylation is 1. The molecular formula is C17H16N2O3. The van der Waals surface area contributed by atoms with Crippen molar-refractivity contribution in [2.75, 3.05) is 10.6 Å². The summed E-state index contributed by atoms with van der Waals surface area (Å²) >= 11 is 0. The first-order valence-electron chi connectivity index (χ1n) is 7.05. The summed E-state index contributed by atoms with van der Waals surface area (Å²) < 4.78 is 5.60. The average molecular weight is 296 g/mol. The van der Waals surface area contributed by atoms with Gasteiger partial charge in [-0.15, -0.1) is 0 Å². The van der Waals surface area contributed by atoms with Crippen LogP contribution in [0.1, 0.15) is 12.0 Å². The van der Waals surface area contributed by atoms with Gasteiger partial charge in [-0.3, -0.25) is 9.59 Å². The largest absolute Gasteiger partial charge is 0.478 e. The summed E-state index contributed by atoms with van der Waals surface area (Å²) in [6.07, 6.45) is -0.853. The van der Waals surface area contributed by atoms with Crippen LogP contribution in [0.4, 0.5) is 11.4 Å². The minimum absolute atomic E-state index is 0.0336. The summed E-state index contributed by atoms with van der Waals surface area (Å²) in [4.78, 5) is 24.1. The lowest BCUT2D eigenvalue weighted by Gasteiger charge is -2.25. The van der Waals surface area contributed by atoms with Gasteiger partial charge >= 0.3 is 0 Å². The van der Waals surface area contributed by atoms with Gasteiger partial charge in [0.1, 0.15) is 5.75 Å². The van der Waals surface area contributed by atoms with Crippen molar-refractivity contribution in [1.29, 1.82) is 0 Å². The molecule has 0 spiro atoms. The summed E-state index contributed by atoms with van der Waals surface area (Å²) in [7, 11) is 0. The molecule has 3 rings (SSSR count). The number of para-hydroxylation sites is 2. The highest BCUT2D eigenvalue weighted by Gasteiger charge is 2.29. The number of carbonyl (C=O) groups is 2. The Morgan fingerprint density at radius 1 is 1.23 bits per heavy atom. The molecule has 0 saturated carbocycles. The van der Waals surface area contributed by atoms with Gasteiger partial charge in [-0.25, -0.2) is 0 Å². The number of anilines is 2. The molecule has 1 aliphatic rings. The first-order valence-corrected chi connectivity index (χ1v) is 7.05. The highest BCUT2D eigenvalue weighted by molar-refractivity contribution is 6.01. The Labute approximate surface area is 128 Å². The summed E-state index contributed by atoms with van der Waals surface area (Å²) in [6.45, 7) is 1.95. The molecule has 0 aromatic heterocycles. The van der Waals surface area contributed by atoms with Crippen molar-refractivity contribution in [3.05, 3.63) is 54.1 Å². The van der Waals surface area contributed by atoms with Crippen LogP contribution in [0, 0.1) is 6.92 Å². The molecule has 5 heteroatoms. The molecule has 0 saturated heterocycles. The maximum atomic E-state index is 12.1. The Morgan fingerprint density at radius 3 is 2.86 bits per heavy atom. The van der Waals surface area contributed by atoms with E-state index in [0.717, 1.165) is 5.56 Å². The van der Waals surface area contributed by atoms with E-state index in [0.29, 0.717) is 17.1 Å². The van der Waals surface area contributed by atoms with Gasteiger partial charge in [-0.1, -0.05) is 24.3 Å². The van der Waals surface area contributed by atoms with Crippen molar-refractivity contribution in [3.8, 4) is 5.75 Å². The Morgan fingerprint density at radius 2 is 2.05 bits per heavy atom. The number of benzene rings is 2. The Kier molecular flexibility index (Phi) is 3.78. The number of rotatable bonds is 3. The van der Waals surface area contributed by atoms with E-state index in [1.807, 2.05) is 43.3 Å². The average Bonchev–Trinajstić information content (AvgIpc) is 2.48. The predicted octanol–water partition coefficient (Wildman–Crippen LogP) is 2.72. The third-order valence-electron chi connectivity index (χ3n) is 3.38. The van der Waals surface area contributed by atoms with Crippen molar-refractivity contribution in [2.45, 2.75) is 19.4 Å². The van der Waals surface area contributed by atoms with Crippen molar-refractivity contribution < 1.29 is 14.3 Å². The fourth-order valence-corrected chi connectivity index (χ4v) is 2.33. The van der Waals surface area contributed by atoms with E-state index in [-0.39, 0.29) is 18.2 Å². The minimum atomic E-state index is -0.820. The number of amides is 2. The number of fused-ring (bicyclic) bond motifs is 1. The zero-order chi connectivity index (χ0) is 15.5. The van der Waals surface area contributed by atoms with E-state index in [1.54, 1.807) is 12.1 Å². The molecule has 112 valence electrons. The molecule has 1 atom stereocenters. The van der Waals surface area contributed by atoms with Crippen LogP contribution in [-0.2, 0) is 9.59 Å². The summed E-state index contributed by atoms with van der Waals surface area (Å²) in [5.74, 6) is 0.0127. The molecule has 1 heterocycles. The second kappa shape index (κ2) is 5.89. The molecule has 2 amide bonds. The molecule has 0 aliphatic carbocycles. The predicted molar refractivity (Wildman–Crippen MR) is 83.9 cm³/mol. The van der Waals surface area contributed by atoms with Crippen LogP contribution >= 0.6 is 0 Å². The topological polar surface area (TPSA) is 67.4 Å². The number of ether oxygens (including phenoxy) is 1. The van der Waals surface area contributed by atoms with Crippen LogP contribution < -0.4 is 15.4 Å². The number of carbonyl (C=O) groups excluding carboxylic acids is 2. The van der Waals surface area contributed by atoms with Crippen molar-refractivity contribution >= 4 is 23.2 Å². The number of nitrogens with one attached hydrogen (secondary N) is 2. The lowest BCUT2D eigenvalue weighted by molar-refractivity contribution is -0.128. The van der Waals surface area contributed by atoms with Gasteiger partial charge in [0.15, 0.2) is 6.10 Å². The standard InChI is InChI=1S/C17H16N2O3/c1-11-5-4-6-12(9-11)18-16(20)10-15-17(21)19-13-7-2-3-8-14(13)22-15/h2-9,15H,10H2,1H3,(H,18,20)(H,19,21)/t15-/m1/s1. The third kappa shape index (κ3) is 3.09. The van der Waals surface area contributed by atoms with Gasteiger partial charge in [0.25, 0.3) is 5.91 Å². The Balaban J connectivity index is 1.66. The molecule has 0 bridgehead atoms. The van der Waals surface area contributed by atoms with Gasteiger partial charge in [0, 0.05) is 5.69 Å².